The molecule has 36 heavy (non-hydrogen) atoms. The van der Waals surface area contributed by atoms with Crippen LogP contribution in [0.15, 0.2) is 83.0 Å². The molecule has 5 rings (SSSR count). The summed E-state index contributed by atoms with van der Waals surface area (Å²) in [6, 6.07) is 17.2. The number of hydrogen-bond donors (Lipinski definition) is 1. The molecule has 4 aromatic rings. The van der Waals surface area contributed by atoms with Crippen LogP contribution in [0.3, 0.4) is 0 Å². The SMILES string of the molecule is Cc1ccc(/C(O)=C2/C(=O)C(=O)N(c3nnc(SCc4ccccc4Cl)s3)C2c2ccncc2)cc1. The van der Waals surface area contributed by atoms with E-state index in [1.54, 1.807) is 36.7 Å². The molecule has 180 valence electrons. The Hall–Kier alpha value is -3.53. The van der Waals surface area contributed by atoms with E-state index < -0.39 is 17.7 Å². The molecule has 3 heterocycles. The summed E-state index contributed by atoms with van der Waals surface area (Å²) >= 11 is 8.90. The third-order valence-electron chi connectivity index (χ3n) is 5.70. The second-order valence-electron chi connectivity index (χ2n) is 8.05. The number of benzene rings is 2. The van der Waals surface area contributed by atoms with Crippen LogP contribution >= 0.6 is 34.7 Å². The molecule has 2 aromatic heterocycles. The zero-order valence-corrected chi connectivity index (χ0v) is 21.3. The number of pyridine rings is 1. The first-order valence-corrected chi connectivity index (χ1v) is 13.1. The molecule has 0 aliphatic carbocycles. The molecule has 1 aliphatic heterocycles. The van der Waals surface area contributed by atoms with Crippen LogP contribution in [0, 0.1) is 6.92 Å². The van der Waals surface area contributed by atoms with E-state index in [4.69, 9.17) is 11.6 Å². The highest BCUT2D eigenvalue weighted by Crippen LogP contribution is 2.44. The van der Waals surface area contributed by atoms with E-state index in [-0.39, 0.29) is 16.5 Å². The minimum Gasteiger partial charge on any atom is -0.507 e. The van der Waals surface area contributed by atoms with E-state index in [0.717, 1.165) is 11.1 Å². The molecule has 1 saturated heterocycles. The summed E-state index contributed by atoms with van der Waals surface area (Å²) in [5.74, 6) is -1.22. The maximum absolute atomic E-state index is 13.3. The van der Waals surface area contributed by atoms with E-state index in [2.05, 4.69) is 15.2 Å². The molecule has 2 aromatic carbocycles. The van der Waals surface area contributed by atoms with Gasteiger partial charge in [-0.1, -0.05) is 82.7 Å². The highest BCUT2D eigenvalue weighted by Gasteiger charge is 2.48. The van der Waals surface area contributed by atoms with Gasteiger partial charge in [-0.15, -0.1) is 10.2 Å². The summed E-state index contributed by atoms with van der Waals surface area (Å²) in [6.45, 7) is 1.93. The normalized spacial score (nSPS) is 17.1. The van der Waals surface area contributed by atoms with Gasteiger partial charge in [0, 0.05) is 28.7 Å². The molecule has 1 atom stereocenters. The molecule has 0 saturated carbocycles. The zero-order valence-electron chi connectivity index (χ0n) is 19.0. The lowest BCUT2D eigenvalue weighted by Gasteiger charge is -2.22. The lowest BCUT2D eigenvalue weighted by Crippen LogP contribution is -2.29. The molecular formula is C26H19ClN4O3S2. The lowest BCUT2D eigenvalue weighted by molar-refractivity contribution is -0.132. The van der Waals surface area contributed by atoms with Crippen molar-refractivity contribution < 1.29 is 14.7 Å². The Bertz CT molecular complexity index is 1470. The van der Waals surface area contributed by atoms with Crippen molar-refractivity contribution in [3.05, 3.63) is 106 Å². The Kier molecular flexibility index (Phi) is 6.86. The molecule has 1 amide bonds. The number of carbonyl (C=O) groups excluding carboxylic acids is 2. The molecule has 1 N–H and O–H groups in total. The van der Waals surface area contributed by atoms with Gasteiger partial charge in [-0.3, -0.25) is 19.5 Å². The molecular weight excluding hydrogens is 516 g/mol. The van der Waals surface area contributed by atoms with Crippen LogP contribution in [0.2, 0.25) is 5.02 Å². The Balaban J connectivity index is 1.53. The first-order chi connectivity index (χ1) is 17.4. The van der Waals surface area contributed by atoms with Crippen molar-refractivity contribution in [1.82, 2.24) is 15.2 Å². The summed E-state index contributed by atoms with van der Waals surface area (Å²) < 4.78 is 0.624. The van der Waals surface area contributed by atoms with Crippen LogP contribution in [-0.2, 0) is 15.3 Å². The first-order valence-electron chi connectivity index (χ1n) is 10.9. The van der Waals surface area contributed by atoms with Gasteiger partial charge in [0.05, 0.1) is 11.6 Å². The van der Waals surface area contributed by atoms with Crippen LogP contribution in [-0.4, -0.2) is 32.0 Å². The Morgan fingerprint density at radius 1 is 1.06 bits per heavy atom. The fraction of sp³-hybridized carbons (Fsp3) is 0.115. The second-order valence-corrected chi connectivity index (χ2v) is 10.6. The van der Waals surface area contributed by atoms with Crippen LogP contribution in [0.5, 0.6) is 0 Å². The maximum atomic E-state index is 13.3. The highest BCUT2D eigenvalue weighted by atomic mass is 35.5. The average molecular weight is 535 g/mol. The van der Waals surface area contributed by atoms with Crippen molar-refractivity contribution in [2.45, 2.75) is 23.1 Å². The van der Waals surface area contributed by atoms with Crippen molar-refractivity contribution in [1.29, 1.82) is 0 Å². The van der Waals surface area contributed by atoms with Gasteiger partial charge in [0.25, 0.3) is 5.78 Å². The number of anilines is 1. The van der Waals surface area contributed by atoms with E-state index in [9.17, 15) is 14.7 Å². The lowest BCUT2D eigenvalue weighted by atomic mass is 9.96. The first kappa shape index (κ1) is 24.2. The van der Waals surface area contributed by atoms with E-state index in [0.29, 0.717) is 26.2 Å². The topological polar surface area (TPSA) is 96.3 Å². The summed E-state index contributed by atoms with van der Waals surface area (Å²) in [5.41, 5.74) is 3.03. The molecule has 0 spiro atoms. The summed E-state index contributed by atoms with van der Waals surface area (Å²) in [4.78, 5) is 31.8. The van der Waals surface area contributed by atoms with E-state index in [1.165, 1.54) is 28.0 Å². The third kappa shape index (κ3) is 4.65. The number of amides is 1. The third-order valence-corrected chi connectivity index (χ3v) is 8.18. The van der Waals surface area contributed by atoms with Crippen molar-refractivity contribution in [3.63, 3.8) is 0 Å². The number of carbonyl (C=O) groups is 2. The van der Waals surface area contributed by atoms with Gasteiger partial charge in [0.1, 0.15) is 5.76 Å². The molecule has 1 fully saturated rings. The number of ketones is 1. The van der Waals surface area contributed by atoms with Crippen LogP contribution in [0.4, 0.5) is 5.13 Å². The number of thioether (sulfide) groups is 1. The quantitative estimate of drug-likeness (QED) is 0.109. The van der Waals surface area contributed by atoms with E-state index in [1.807, 2.05) is 43.3 Å². The number of aromatic nitrogens is 3. The summed E-state index contributed by atoms with van der Waals surface area (Å²) in [6.07, 6.45) is 3.15. The van der Waals surface area contributed by atoms with Gasteiger partial charge in [-0.2, -0.15) is 0 Å². The van der Waals surface area contributed by atoms with Crippen LogP contribution in [0.1, 0.15) is 28.3 Å². The number of halogens is 1. The molecule has 7 nitrogen and oxygen atoms in total. The number of Topliss-reactive ketones (excluding diaryl/α,β-unsaturated/α-hetero) is 1. The Morgan fingerprint density at radius 2 is 1.78 bits per heavy atom. The molecule has 0 radical (unpaired) electrons. The average Bonchev–Trinajstić information content (AvgIpc) is 3.46. The van der Waals surface area contributed by atoms with Crippen molar-refractivity contribution >= 4 is 57.3 Å². The van der Waals surface area contributed by atoms with Crippen molar-refractivity contribution in [3.8, 4) is 0 Å². The number of hydrogen-bond acceptors (Lipinski definition) is 8. The molecule has 10 heteroatoms. The minimum atomic E-state index is -0.872. The van der Waals surface area contributed by atoms with Crippen LogP contribution < -0.4 is 4.90 Å². The fourth-order valence-corrected chi connectivity index (χ4v) is 6.02. The molecule has 0 bridgehead atoms. The van der Waals surface area contributed by atoms with Gasteiger partial charge in [-0.05, 0) is 36.2 Å². The standard InChI is InChI=1S/C26H19ClN4O3S2/c1-15-6-8-17(9-7-15)22(32)20-21(16-10-12-28-13-11-16)31(24(34)23(20)33)25-29-30-26(36-25)35-14-18-4-2-3-5-19(18)27/h2-13,21,32H,14H2,1H3/b22-20-. The molecule has 1 unspecified atom stereocenters. The van der Waals surface area contributed by atoms with Crippen LogP contribution in [0.25, 0.3) is 5.76 Å². The predicted octanol–water partition coefficient (Wildman–Crippen LogP) is 5.81. The number of rotatable bonds is 6. The largest absolute Gasteiger partial charge is 0.507 e. The van der Waals surface area contributed by atoms with Crippen molar-refractivity contribution in [2.24, 2.45) is 0 Å². The van der Waals surface area contributed by atoms with Gasteiger partial charge in [-0.25, -0.2) is 0 Å². The maximum Gasteiger partial charge on any atom is 0.301 e. The highest BCUT2D eigenvalue weighted by molar-refractivity contribution is 8.00. The summed E-state index contributed by atoms with van der Waals surface area (Å²) in [5, 5.41) is 20.5. The smallest absolute Gasteiger partial charge is 0.301 e. The zero-order chi connectivity index (χ0) is 25.2. The Morgan fingerprint density at radius 3 is 2.50 bits per heavy atom. The van der Waals surface area contributed by atoms with E-state index >= 15 is 0 Å². The number of aliphatic hydroxyl groups is 1. The number of aryl methyl sites for hydroxylation is 1. The predicted molar refractivity (Wildman–Crippen MR) is 141 cm³/mol. The second kappa shape index (κ2) is 10.2. The van der Waals surface area contributed by atoms with Gasteiger partial charge < -0.3 is 5.11 Å². The van der Waals surface area contributed by atoms with Crippen molar-refractivity contribution in [2.75, 3.05) is 4.90 Å². The number of aliphatic hydroxyl groups excluding tert-OH is 1. The van der Waals surface area contributed by atoms with Gasteiger partial charge in [0.2, 0.25) is 5.13 Å². The molecule has 1 aliphatic rings. The minimum absolute atomic E-state index is 0.00414. The monoisotopic (exact) mass is 534 g/mol. The van der Waals surface area contributed by atoms with Gasteiger partial charge >= 0.3 is 5.91 Å². The van der Waals surface area contributed by atoms with Gasteiger partial charge in [0.15, 0.2) is 4.34 Å². The Labute approximate surface area is 220 Å². The summed E-state index contributed by atoms with van der Waals surface area (Å²) in [7, 11) is 0. The number of nitrogens with zero attached hydrogens (tertiary/aromatic N) is 4. The fourth-order valence-electron chi connectivity index (χ4n) is 3.87.